The lowest BCUT2D eigenvalue weighted by Gasteiger charge is -2.30. The van der Waals surface area contributed by atoms with E-state index in [1.165, 1.54) is 7.11 Å². The maximum Gasteiger partial charge on any atom is 0.248 e. The maximum absolute atomic E-state index is 11.4. The summed E-state index contributed by atoms with van der Waals surface area (Å²) in [5.74, 6) is -0.00578. The molecule has 2 N–H and O–H groups in total. The van der Waals surface area contributed by atoms with E-state index in [2.05, 4.69) is 0 Å². The van der Waals surface area contributed by atoms with Crippen LogP contribution in [0.25, 0.3) is 0 Å². The lowest BCUT2D eigenvalue weighted by molar-refractivity contribution is -0.135. The predicted molar refractivity (Wildman–Crippen MR) is 53.8 cm³/mol. The number of rotatable bonds is 3. The Labute approximate surface area is 86.9 Å². The van der Waals surface area contributed by atoms with Gasteiger partial charge in [-0.05, 0) is 0 Å². The molecule has 14 heavy (non-hydrogen) atoms. The van der Waals surface area contributed by atoms with Gasteiger partial charge in [0.15, 0.2) is 0 Å². The number of hydrogen-bond acceptors (Lipinski definition) is 4. The van der Waals surface area contributed by atoms with Gasteiger partial charge >= 0.3 is 0 Å². The highest BCUT2D eigenvalue weighted by Crippen LogP contribution is 2.15. The first-order valence-electron chi connectivity index (χ1n) is 4.57. The standard InChI is InChI=1S/C8H16N2O3S/c1-13-6-8(11)10-4-2-7(3-5-10)14(9)12/h7H,2-6,9H2,1H3. The highest BCUT2D eigenvalue weighted by molar-refractivity contribution is 7.89. The van der Waals surface area contributed by atoms with E-state index in [1.54, 1.807) is 4.90 Å². The van der Waals surface area contributed by atoms with Crippen LogP contribution in [0.3, 0.4) is 0 Å². The number of methoxy groups -OCH3 is 1. The van der Waals surface area contributed by atoms with E-state index in [4.69, 9.17) is 9.88 Å². The third-order valence-corrected chi connectivity index (χ3v) is 3.52. The van der Waals surface area contributed by atoms with Crippen molar-refractivity contribution < 1.29 is 14.1 Å². The Morgan fingerprint density at radius 3 is 2.64 bits per heavy atom. The Morgan fingerprint density at radius 2 is 2.21 bits per heavy atom. The van der Waals surface area contributed by atoms with Crippen molar-refractivity contribution in [2.75, 3.05) is 26.8 Å². The summed E-state index contributed by atoms with van der Waals surface area (Å²) in [7, 11) is 1.50. The number of amides is 1. The van der Waals surface area contributed by atoms with E-state index in [9.17, 15) is 9.35 Å². The zero-order chi connectivity index (χ0) is 10.6. The van der Waals surface area contributed by atoms with Gasteiger partial charge in [0, 0.05) is 44.4 Å². The zero-order valence-electron chi connectivity index (χ0n) is 8.27. The molecule has 1 saturated heterocycles. The van der Waals surface area contributed by atoms with E-state index in [0.717, 1.165) is 12.8 Å². The highest BCUT2D eigenvalue weighted by atomic mass is 32.2. The van der Waals surface area contributed by atoms with Gasteiger partial charge in [-0.25, -0.2) is 0 Å². The average Bonchev–Trinajstić information content (AvgIpc) is 2.18. The second-order valence-electron chi connectivity index (χ2n) is 3.34. The van der Waals surface area contributed by atoms with Gasteiger partial charge in [0.05, 0.1) is 0 Å². The second-order valence-corrected chi connectivity index (χ2v) is 4.67. The first kappa shape index (κ1) is 11.8. The minimum atomic E-state index is -1.25. The van der Waals surface area contributed by atoms with Crippen molar-refractivity contribution in [2.45, 2.75) is 18.1 Å². The molecule has 0 saturated carbocycles. The summed E-state index contributed by atoms with van der Waals surface area (Å²) in [4.78, 5) is 13.1. The van der Waals surface area contributed by atoms with E-state index in [1.807, 2.05) is 0 Å². The molecule has 1 atom stereocenters. The fourth-order valence-electron chi connectivity index (χ4n) is 1.55. The molecule has 0 aromatic carbocycles. The Hall–Kier alpha value is -0.300. The molecule has 1 aliphatic rings. The highest BCUT2D eigenvalue weighted by Gasteiger charge is 2.28. The predicted octanol–water partition coefficient (Wildman–Crippen LogP) is -0.754. The van der Waals surface area contributed by atoms with Gasteiger partial charge in [-0.1, -0.05) is 0 Å². The molecular weight excluding hydrogens is 204 g/mol. The molecule has 0 bridgehead atoms. The summed E-state index contributed by atoms with van der Waals surface area (Å²) in [6, 6.07) is 0. The molecule has 1 fully saturated rings. The van der Waals surface area contributed by atoms with Gasteiger partial charge in [0.1, 0.15) is 11.9 Å². The minimum absolute atomic E-state index is 0.00578. The van der Waals surface area contributed by atoms with Gasteiger partial charge < -0.3 is 14.2 Å². The van der Waals surface area contributed by atoms with Crippen LogP contribution in [0.1, 0.15) is 12.8 Å². The van der Waals surface area contributed by atoms with Crippen molar-refractivity contribution in [3.63, 3.8) is 0 Å². The van der Waals surface area contributed by atoms with Gasteiger partial charge in [-0.3, -0.25) is 4.79 Å². The SMILES string of the molecule is COCC(=O)N1CCC([S+](N)[O-])CC1. The quantitative estimate of drug-likeness (QED) is 0.634. The molecule has 0 radical (unpaired) electrons. The van der Waals surface area contributed by atoms with Crippen molar-refractivity contribution >= 4 is 17.3 Å². The number of carbonyl (C=O) groups excluding carboxylic acids is 1. The van der Waals surface area contributed by atoms with Crippen LogP contribution >= 0.6 is 0 Å². The Morgan fingerprint density at radius 1 is 1.64 bits per heavy atom. The van der Waals surface area contributed by atoms with Gasteiger partial charge in [-0.2, -0.15) is 5.14 Å². The van der Waals surface area contributed by atoms with Crippen LogP contribution in [0.2, 0.25) is 0 Å². The molecule has 0 aromatic rings. The summed E-state index contributed by atoms with van der Waals surface area (Å²) in [6.45, 7) is 1.39. The van der Waals surface area contributed by atoms with Crippen LogP contribution in [-0.4, -0.2) is 47.4 Å². The first-order valence-corrected chi connectivity index (χ1v) is 5.84. The van der Waals surface area contributed by atoms with Gasteiger partial charge in [0.25, 0.3) is 0 Å². The Kier molecular flexibility index (Phi) is 4.67. The molecule has 5 nitrogen and oxygen atoms in total. The molecule has 1 unspecified atom stereocenters. The van der Waals surface area contributed by atoms with Crippen molar-refractivity contribution in [3.8, 4) is 0 Å². The summed E-state index contributed by atoms with van der Waals surface area (Å²) < 4.78 is 15.7. The fraction of sp³-hybridized carbons (Fsp3) is 0.875. The lowest BCUT2D eigenvalue weighted by atomic mass is 10.1. The van der Waals surface area contributed by atoms with Crippen molar-refractivity contribution in [1.82, 2.24) is 4.90 Å². The van der Waals surface area contributed by atoms with Crippen molar-refractivity contribution in [3.05, 3.63) is 0 Å². The van der Waals surface area contributed by atoms with Crippen LogP contribution in [0, 0.1) is 0 Å². The van der Waals surface area contributed by atoms with Crippen LogP contribution in [0.5, 0.6) is 0 Å². The van der Waals surface area contributed by atoms with E-state index >= 15 is 0 Å². The molecule has 6 heteroatoms. The number of ether oxygens (including phenoxy) is 1. The molecule has 1 rings (SSSR count). The van der Waals surface area contributed by atoms with E-state index in [-0.39, 0.29) is 17.8 Å². The normalized spacial score (nSPS) is 20.9. The Bertz CT molecular complexity index is 193. The van der Waals surface area contributed by atoms with E-state index < -0.39 is 11.4 Å². The van der Waals surface area contributed by atoms with Crippen LogP contribution in [-0.2, 0) is 20.9 Å². The largest absolute Gasteiger partial charge is 0.598 e. The van der Waals surface area contributed by atoms with Gasteiger partial charge in [-0.15, -0.1) is 0 Å². The number of likely N-dealkylation sites (tertiary alicyclic amines) is 1. The lowest BCUT2D eigenvalue weighted by Crippen LogP contribution is -2.45. The molecule has 0 aromatic heterocycles. The van der Waals surface area contributed by atoms with Crippen molar-refractivity contribution in [2.24, 2.45) is 5.14 Å². The Balaban J connectivity index is 2.31. The molecule has 1 aliphatic heterocycles. The monoisotopic (exact) mass is 220 g/mol. The van der Waals surface area contributed by atoms with E-state index in [0.29, 0.717) is 13.1 Å². The third-order valence-electron chi connectivity index (χ3n) is 2.39. The molecule has 82 valence electrons. The smallest absolute Gasteiger partial charge is 0.248 e. The van der Waals surface area contributed by atoms with Crippen molar-refractivity contribution in [1.29, 1.82) is 0 Å². The minimum Gasteiger partial charge on any atom is -0.598 e. The summed E-state index contributed by atoms with van der Waals surface area (Å²) >= 11 is -1.25. The number of nitrogens with two attached hydrogens (primary N) is 1. The van der Waals surface area contributed by atoms with Crippen LogP contribution in [0.15, 0.2) is 0 Å². The second kappa shape index (κ2) is 5.55. The molecule has 0 spiro atoms. The average molecular weight is 220 g/mol. The third kappa shape index (κ3) is 3.13. The van der Waals surface area contributed by atoms with Crippen LogP contribution < -0.4 is 5.14 Å². The fourth-order valence-corrected chi connectivity index (χ4v) is 2.23. The summed E-state index contributed by atoms with van der Waals surface area (Å²) in [5, 5.41) is 5.33. The number of nitrogens with zero attached hydrogens (tertiary/aromatic N) is 1. The molecule has 1 amide bonds. The number of hydrogen-bond donors (Lipinski definition) is 1. The summed E-state index contributed by atoms with van der Waals surface area (Å²) in [6.07, 6.45) is 1.44. The maximum atomic E-state index is 11.4. The first-order chi connectivity index (χ1) is 6.65. The molecule has 1 heterocycles. The topological polar surface area (TPSA) is 78.6 Å². The van der Waals surface area contributed by atoms with Crippen LogP contribution in [0.4, 0.5) is 0 Å². The number of piperidine rings is 1. The van der Waals surface area contributed by atoms with Gasteiger partial charge in [0.2, 0.25) is 5.91 Å². The summed E-state index contributed by atoms with van der Waals surface area (Å²) in [5.41, 5.74) is 0. The molecular formula is C8H16N2O3S. The zero-order valence-corrected chi connectivity index (χ0v) is 9.09. The number of carbonyl (C=O) groups is 1. The molecule has 0 aliphatic carbocycles.